The van der Waals surface area contributed by atoms with Crippen LogP contribution >= 0.6 is 0 Å². The molecule has 0 fully saturated rings. The van der Waals surface area contributed by atoms with Crippen molar-refractivity contribution >= 4 is 0 Å². The van der Waals surface area contributed by atoms with E-state index in [2.05, 4.69) is 13.8 Å². The van der Waals surface area contributed by atoms with E-state index < -0.39 is 6.10 Å². The van der Waals surface area contributed by atoms with Gasteiger partial charge >= 0.3 is 0 Å². The summed E-state index contributed by atoms with van der Waals surface area (Å²) in [5.74, 6) is 1.87. The highest BCUT2D eigenvalue weighted by molar-refractivity contribution is 5.44. The minimum atomic E-state index is -0.407. The van der Waals surface area contributed by atoms with Gasteiger partial charge in [-0.15, -0.1) is 0 Å². The zero-order valence-corrected chi connectivity index (χ0v) is 11.9. The molecule has 0 radical (unpaired) electrons. The van der Waals surface area contributed by atoms with Gasteiger partial charge in [-0.25, -0.2) is 0 Å². The summed E-state index contributed by atoms with van der Waals surface area (Å²) >= 11 is 0. The Kier molecular flexibility index (Phi) is 5.08. The Morgan fingerprint density at radius 2 is 1.68 bits per heavy atom. The Bertz CT molecular complexity index is 397. The first-order valence-electron chi connectivity index (χ1n) is 7.33. The molecule has 1 unspecified atom stereocenters. The van der Waals surface area contributed by atoms with Gasteiger partial charge in [-0.2, -0.15) is 0 Å². The standard InChI is InChI=1S/C16H24O3/c1-3-5-12(6-4-2)16(17)13-7-8-14-15(11-13)19-10-9-18-14/h7-8,11-12,16-17H,3-6,9-10H2,1-2H3. The van der Waals surface area contributed by atoms with E-state index in [1.807, 2.05) is 18.2 Å². The molecule has 106 valence electrons. The van der Waals surface area contributed by atoms with Crippen molar-refractivity contribution < 1.29 is 14.6 Å². The van der Waals surface area contributed by atoms with Crippen LogP contribution in [0.2, 0.25) is 0 Å². The van der Waals surface area contributed by atoms with Gasteiger partial charge < -0.3 is 14.6 Å². The van der Waals surface area contributed by atoms with Crippen LogP contribution in [-0.4, -0.2) is 18.3 Å². The largest absolute Gasteiger partial charge is 0.486 e. The Labute approximate surface area is 115 Å². The van der Waals surface area contributed by atoms with Gasteiger partial charge in [0.2, 0.25) is 0 Å². The molecule has 1 aromatic rings. The molecule has 0 saturated heterocycles. The van der Waals surface area contributed by atoms with Gasteiger partial charge in [-0.3, -0.25) is 0 Å². The first kappa shape index (κ1) is 14.2. The lowest BCUT2D eigenvalue weighted by molar-refractivity contribution is 0.0954. The molecule has 0 bridgehead atoms. The normalized spacial score (nSPS) is 15.6. The van der Waals surface area contributed by atoms with Crippen LogP contribution in [0, 0.1) is 5.92 Å². The van der Waals surface area contributed by atoms with Gasteiger partial charge in [-0.05, 0) is 36.5 Å². The van der Waals surface area contributed by atoms with E-state index in [-0.39, 0.29) is 0 Å². The average Bonchev–Trinajstić information content (AvgIpc) is 2.46. The van der Waals surface area contributed by atoms with Gasteiger partial charge in [0, 0.05) is 0 Å². The van der Waals surface area contributed by atoms with Crippen molar-refractivity contribution in [2.24, 2.45) is 5.92 Å². The van der Waals surface area contributed by atoms with Crippen LogP contribution < -0.4 is 9.47 Å². The van der Waals surface area contributed by atoms with Crippen LogP contribution in [-0.2, 0) is 0 Å². The maximum Gasteiger partial charge on any atom is 0.161 e. The van der Waals surface area contributed by atoms with E-state index in [1.165, 1.54) is 0 Å². The second kappa shape index (κ2) is 6.80. The summed E-state index contributed by atoms with van der Waals surface area (Å²) < 4.78 is 11.1. The zero-order valence-electron chi connectivity index (χ0n) is 11.9. The summed E-state index contributed by atoms with van der Waals surface area (Å²) in [5, 5.41) is 10.5. The molecule has 1 atom stereocenters. The predicted octanol–water partition coefficient (Wildman–Crippen LogP) is 3.71. The lowest BCUT2D eigenvalue weighted by Gasteiger charge is -2.24. The number of fused-ring (bicyclic) bond motifs is 1. The minimum absolute atomic E-state index is 0.331. The summed E-state index contributed by atoms with van der Waals surface area (Å²) in [6.07, 6.45) is 3.92. The van der Waals surface area contributed by atoms with Crippen molar-refractivity contribution in [1.29, 1.82) is 0 Å². The van der Waals surface area contributed by atoms with Crippen molar-refractivity contribution in [3.63, 3.8) is 0 Å². The summed E-state index contributed by atoms with van der Waals surface area (Å²) in [6.45, 7) is 5.52. The Hall–Kier alpha value is -1.22. The molecule has 19 heavy (non-hydrogen) atoms. The molecule has 0 amide bonds. The van der Waals surface area contributed by atoms with E-state index in [4.69, 9.17) is 9.47 Å². The van der Waals surface area contributed by atoms with E-state index >= 15 is 0 Å². The number of ether oxygens (including phenoxy) is 2. The SMILES string of the molecule is CCCC(CCC)C(O)c1ccc2c(c1)OCCO2. The number of aliphatic hydroxyl groups is 1. The Morgan fingerprint density at radius 3 is 2.32 bits per heavy atom. The van der Waals surface area contributed by atoms with Crippen molar-refractivity contribution in [3.8, 4) is 11.5 Å². The van der Waals surface area contributed by atoms with E-state index in [9.17, 15) is 5.11 Å². The molecule has 1 aliphatic heterocycles. The fourth-order valence-corrected chi connectivity index (χ4v) is 2.72. The molecule has 1 aromatic carbocycles. The predicted molar refractivity (Wildman–Crippen MR) is 75.7 cm³/mol. The molecule has 3 heteroatoms. The molecule has 1 heterocycles. The maximum absolute atomic E-state index is 10.5. The molecule has 0 aromatic heterocycles. The minimum Gasteiger partial charge on any atom is -0.486 e. The summed E-state index contributed by atoms with van der Waals surface area (Å²) in [5.41, 5.74) is 0.941. The highest BCUT2D eigenvalue weighted by atomic mass is 16.6. The fourth-order valence-electron chi connectivity index (χ4n) is 2.72. The third-order valence-electron chi connectivity index (χ3n) is 3.67. The van der Waals surface area contributed by atoms with E-state index in [0.29, 0.717) is 19.1 Å². The van der Waals surface area contributed by atoms with Crippen molar-refractivity contribution in [3.05, 3.63) is 23.8 Å². The van der Waals surface area contributed by atoms with Gasteiger partial charge in [0.05, 0.1) is 6.10 Å². The molecule has 1 aliphatic rings. The van der Waals surface area contributed by atoms with Crippen molar-refractivity contribution in [2.45, 2.75) is 45.6 Å². The molecule has 2 rings (SSSR count). The highest BCUT2D eigenvalue weighted by Crippen LogP contribution is 2.36. The van der Waals surface area contributed by atoms with E-state index in [0.717, 1.165) is 42.7 Å². The maximum atomic E-state index is 10.5. The molecule has 3 nitrogen and oxygen atoms in total. The average molecular weight is 264 g/mol. The molecule has 0 aliphatic carbocycles. The Morgan fingerprint density at radius 1 is 1.05 bits per heavy atom. The van der Waals surface area contributed by atoms with Crippen LogP contribution in [0.4, 0.5) is 0 Å². The molecular formula is C16H24O3. The first-order chi connectivity index (χ1) is 9.26. The summed E-state index contributed by atoms with van der Waals surface area (Å²) in [4.78, 5) is 0. The number of hydrogen-bond acceptors (Lipinski definition) is 3. The Balaban J connectivity index is 2.15. The topological polar surface area (TPSA) is 38.7 Å². The lowest BCUT2D eigenvalue weighted by atomic mass is 9.88. The van der Waals surface area contributed by atoms with E-state index in [1.54, 1.807) is 0 Å². The number of rotatable bonds is 6. The van der Waals surface area contributed by atoms with Crippen LogP contribution in [0.5, 0.6) is 11.5 Å². The smallest absolute Gasteiger partial charge is 0.161 e. The number of aliphatic hydroxyl groups excluding tert-OH is 1. The quantitative estimate of drug-likeness (QED) is 0.851. The number of benzene rings is 1. The second-order valence-electron chi connectivity index (χ2n) is 5.19. The van der Waals surface area contributed by atoms with Gasteiger partial charge in [0.1, 0.15) is 13.2 Å². The summed E-state index contributed by atoms with van der Waals surface area (Å²) in [6, 6.07) is 5.79. The third kappa shape index (κ3) is 3.41. The molecular weight excluding hydrogens is 240 g/mol. The second-order valence-corrected chi connectivity index (χ2v) is 5.19. The first-order valence-corrected chi connectivity index (χ1v) is 7.33. The molecule has 0 saturated carbocycles. The van der Waals surface area contributed by atoms with Crippen molar-refractivity contribution in [1.82, 2.24) is 0 Å². The van der Waals surface area contributed by atoms with Gasteiger partial charge in [0.15, 0.2) is 11.5 Å². The van der Waals surface area contributed by atoms with Gasteiger partial charge in [0.25, 0.3) is 0 Å². The van der Waals surface area contributed by atoms with Crippen LogP contribution in [0.25, 0.3) is 0 Å². The monoisotopic (exact) mass is 264 g/mol. The molecule has 0 spiro atoms. The van der Waals surface area contributed by atoms with Crippen LogP contribution in [0.1, 0.15) is 51.2 Å². The summed E-state index contributed by atoms with van der Waals surface area (Å²) in [7, 11) is 0. The number of hydrogen-bond donors (Lipinski definition) is 1. The van der Waals surface area contributed by atoms with Crippen LogP contribution in [0.15, 0.2) is 18.2 Å². The highest BCUT2D eigenvalue weighted by Gasteiger charge is 2.21. The molecule has 1 N–H and O–H groups in total. The third-order valence-corrected chi connectivity index (χ3v) is 3.67. The van der Waals surface area contributed by atoms with Crippen LogP contribution in [0.3, 0.4) is 0 Å². The van der Waals surface area contributed by atoms with Crippen molar-refractivity contribution in [2.75, 3.05) is 13.2 Å². The lowest BCUT2D eigenvalue weighted by Crippen LogP contribution is -2.17. The zero-order chi connectivity index (χ0) is 13.7. The van der Waals surface area contributed by atoms with Gasteiger partial charge in [-0.1, -0.05) is 32.8 Å². The fraction of sp³-hybridized carbons (Fsp3) is 0.625.